The number of carbonyl (C=O) groups is 1. The van der Waals surface area contributed by atoms with E-state index in [0.29, 0.717) is 12.1 Å². The predicted octanol–water partition coefficient (Wildman–Crippen LogP) is 0.996. The second kappa shape index (κ2) is 5.29. The van der Waals surface area contributed by atoms with Crippen LogP contribution in [-0.4, -0.2) is 78.2 Å². The van der Waals surface area contributed by atoms with Crippen molar-refractivity contribution in [3.8, 4) is 0 Å². The van der Waals surface area contributed by atoms with E-state index in [-0.39, 0.29) is 12.1 Å². The van der Waals surface area contributed by atoms with Crippen LogP contribution in [0.1, 0.15) is 26.7 Å². The molecule has 3 aliphatic heterocycles. The van der Waals surface area contributed by atoms with Crippen LogP contribution in [0.15, 0.2) is 0 Å². The molecule has 2 atom stereocenters. The fourth-order valence-corrected chi connectivity index (χ4v) is 3.62. The Morgan fingerprint density at radius 2 is 1.84 bits per heavy atom. The van der Waals surface area contributed by atoms with Gasteiger partial charge in [-0.25, -0.2) is 4.79 Å². The highest BCUT2D eigenvalue weighted by Gasteiger charge is 2.43. The molecule has 3 heterocycles. The first-order chi connectivity index (χ1) is 9.16. The van der Waals surface area contributed by atoms with E-state index in [2.05, 4.69) is 18.7 Å². The second-order valence-electron chi connectivity index (χ2n) is 6.19. The van der Waals surface area contributed by atoms with Crippen molar-refractivity contribution in [1.82, 2.24) is 14.7 Å². The highest BCUT2D eigenvalue weighted by Crippen LogP contribution is 2.26. The Bertz CT molecular complexity index is 342. The molecule has 3 fully saturated rings. The molecule has 0 aromatic rings. The van der Waals surface area contributed by atoms with Gasteiger partial charge in [0, 0.05) is 32.2 Å². The molecule has 0 N–H and O–H groups in total. The molecule has 3 aliphatic rings. The molecular formula is C14H25N3O2. The molecule has 0 aromatic heterocycles. The molecule has 5 heteroatoms. The molecule has 0 aromatic carbocycles. The zero-order chi connectivity index (χ0) is 13.4. The molecule has 0 radical (unpaired) electrons. The Hall–Kier alpha value is -0.810. The van der Waals surface area contributed by atoms with Gasteiger partial charge in [0.2, 0.25) is 0 Å². The first-order valence-electron chi connectivity index (χ1n) is 7.58. The van der Waals surface area contributed by atoms with Crippen molar-refractivity contribution in [3.05, 3.63) is 0 Å². The number of morpholine rings is 1. The highest BCUT2D eigenvalue weighted by atomic mass is 16.5. The topological polar surface area (TPSA) is 36.0 Å². The largest absolute Gasteiger partial charge is 0.373 e. The van der Waals surface area contributed by atoms with Gasteiger partial charge in [0.15, 0.2) is 0 Å². The Morgan fingerprint density at radius 1 is 1.11 bits per heavy atom. The molecular weight excluding hydrogens is 242 g/mol. The summed E-state index contributed by atoms with van der Waals surface area (Å²) < 4.78 is 5.87. The zero-order valence-corrected chi connectivity index (χ0v) is 12.0. The lowest BCUT2D eigenvalue weighted by atomic mass is 10.1. The molecule has 5 nitrogen and oxygen atoms in total. The van der Waals surface area contributed by atoms with Crippen molar-refractivity contribution in [2.75, 3.05) is 39.3 Å². The maximum atomic E-state index is 12.4. The van der Waals surface area contributed by atoms with Crippen LogP contribution in [0.2, 0.25) is 0 Å². The van der Waals surface area contributed by atoms with E-state index < -0.39 is 0 Å². The third-order valence-corrected chi connectivity index (χ3v) is 4.65. The third kappa shape index (κ3) is 2.46. The van der Waals surface area contributed by atoms with Crippen LogP contribution in [0.4, 0.5) is 4.79 Å². The fraction of sp³-hybridized carbons (Fsp3) is 0.929. The van der Waals surface area contributed by atoms with Gasteiger partial charge in [-0.1, -0.05) is 0 Å². The van der Waals surface area contributed by atoms with Crippen molar-refractivity contribution in [2.24, 2.45) is 0 Å². The van der Waals surface area contributed by atoms with E-state index in [4.69, 9.17) is 4.74 Å². The van der Waals surface area contributed by atoms with Crippen LogP contribution >= 0.6 is 0 Å². The van der Waals surface area contributed by atoms with Crippen LogP contribution in [0.5, 0.6) is 0 Å². The van der Waals surface area contributed by atoms with E-state index >= 15 is 0 Å². The standard InChI is InChI=1S/C14H25N3O2/c1-11(2)17-7-8-19-13-10-16(9-12(13)17)14(18)15-5-3-4-6-15/h11-13H,3-10H2,1-2H3/t12-,13+/m1/s1. The number of fused-ring (bicyclic) bond motifs is 1. The van der Waals surface area contributed by atoms with Gasteiger partial charge in [-0.2, -0.15) is 0 Å². The number of nitrogens with zero attached hydrogens (tertiary/aromatic N) is 3. The van der Waals surface area contributed by atoms with E-state index in [1.807, 2.05) is 9.80 Å². The van der Waals surface area contributed by atoms with Gasteiger partial charge in [0.25, 0.3) is 0 Å². The molecule has 0 unspecified atom stereocenters. The lowest BCUT2D eigenvalue weighted by Crippen LogP contribution is -2.53. The zero-order valence-electron chi connectivity index (χ0n) is 12.0. The van der Waals surface area contributed by atoms with E-state index in [0.717, 1.165) is 52.2 Å². The van der Waals surface area contributed by atoms with Crippen molar-refractivity contribution < 1.29 is 9.53 Å². The van der Waals surface area contributed by atoms with Gasteiger partial charge < -0.3 is 14.5 Å². The van der Waals surface area contributed by atoms with Crippen LogP contribution in [-0.2, 0) is 4.74 Å². The first-order valence-corrected chi connectivity index (χ1v) is 7.58. The van der Waals surface area contributed by atoms with Crippen LogP contribution in [0, 0.1) is 0 Å². The Balaban J connectivity index is 1.66. The van der Waals surface area contributed by atoms with Crippen molar-refractivity contribution in [3.63, 3.8) is 0 Å². The minimum atomic E-state index is 0.211. The summed E-state index contributed by atoms with van der Waals surface area (Å²) in [6.07, 6.45) is 2.52. The quantitative estimate of drug-likeness (QED) is 0.711. The molecule has 19 heavy (non-hydrogen) atoms. The summed E-state index contributed by atoms with van der Waals surface area (Å²) in [6.45, 7) is 9.70. The molecule has 0 saturated carbocycles. The maximum absolute atomic E-state index is 12.4. The Kier molecular flexibility index (Phi) is 3.67. The lowest BCUT2D eigenvalue weighted by molar-refractivity contribution is -0.0582. The normalized spacial score (nSPS) is 32.2. The highest BCUT2D eigenvalue weighted by molar-refractivity contribution is 5.75. The lowest BCUT2D eigenvalue weighted by Gasteiger charge is -2.39. The van der Waals surface area contributed by atoms with Crippen molar-refractivity contribution in [1.29, 1.82) is 0 Å². The Morgan fingerprint density at radius 3 is 2.53 bits per heavy atom. The number of urea groups is 1. The first kappa shape index (κ1) is 13.2. The van der Waals surface area contributed by atoms with Gasteiger partial charge in [-0.15, -0.1) is 0 Å². The van der Waals surface area contributed by atoms with Gasteiger partial charge in [0.1, 0.15) is 0 Å². The van der Waals surface area contributed by atoms with Gasteiger partial charge in [0.05, 0.1) is 25.3 Å². The molecule has 3 rings (SSSR count). The molecule has 3 saturated heterocycles. The van der Waals surface area contributed by atoms with E-state index in [9.17, 15) is 4.79 Å². The average Bonchev–Trinajstić information content (AvgIpc) is 3.06. The summed E-state index contributed by atoms with van der Waals surface area (Å²) in [5.41, 5.74) is 0. The number of amides is 2. The third-order valence-electron chi connectivity index (χ3n) is 4.65. The summed E-state index contributed by atoms with van der Waals surface area (Å²) in [7, 11) is 0. The average molecular weight is 267 g/mol. The minimum absolute atomic E-state index is 0.211. The van der Waals surface area contributed by atoms with Gasteiger partial charge in [-0.05, 0) is 26.7 Å². The smallest absolute Gasteiger partial charge is 0.320 e. The summed E-state index contributed by atoms with van der Waals surface area (Å²) in [4.78, 5) is 18.9. The summed E-state index contributed by atoms with van der Waals surface area (Å²) in [6, 6.07) is 1.14. The SMILES string of the molecule is CC(C)N1CCO[C@H]2CN(C(=O)N3CCCC3)C[C@H]21. The monoisotopic (exact) mass is 267 g/mol. The van der Waals surface area contributed by atoms with Crippen molar-refractivity contribution in [2.45, 2.75) is 44.9 Å². The van der Waals surface area contributed by atoms with Crippen LogP contribution in [0.3, 0.4) is 0 Å². The second-order valence-corrected chi connectivity index (χ2v) is 6.19. The molecule has 0 bridgehead atoms. The fourth-order valence-electron chi connectivity index (χ4n) is 3.62. The number of hydrogen-bond acceptors (Lipinski definition) is 3. The van der Waals surface area contributed by atoms with E-state index in [1.54, 1.807) is 0 Å². The van der Waals surface area contributed by atoms with Gasteiger partial charge >= 0.3 is 6.03 Å². The van der Waals surface area contributed by atoms with E-state index in [1.165, 1.54) is 0 Å². The van der Waals surface area contributed by atoms with Crippen molar-refractivity contribution >= 4 is 6.03 Å². The number of hydrogen-bond donors (Lipinski definition) is 0. The molecule has 2 amide bonds. The number of rotatable bonds is 1. The van der Waals surface area contributed by atoms with Crippen LogP contribution in [0.25, 0.3) is 0 Å². The minimum Gasteiger partial charge on any atom is -0.373 e. The molecule has 0 spiro atoms. The molecule has 108 valence electrons. The number of carbonyl (C=O) groups excluding carboxylic acids is 1. The number of likely N-dealkylation sites (tertiary alicyclic amines) is 2. The summed E-state index contributed by atoms with van der Waals surface area (Å²) in [5, 5.41) is 0. The predicted molar refractivity (Wildman–Crippen MR) is 73.1 cm³/mol. The summed E-state index contributed by atoms with van der Waals surface area (Å²) >= 11 is 0. The maximum Gasteiger partial charge on any atom is 0.320 e. The summed E-state index contributed by atoms with van der Waals surface area (Å²) in [5.74, 6) is 0. The van der Waals surface area contributed by atoms with Gasteiger partial charge in [-0.3, -0.25) is 4.90 Å². The Labute approximate surface area is 115 Å². The molecule has 0 aliphatic carbocycles. The number of ether oxygens (including phenoxy) is 1. The van der Waals surface area contributed by atoms with Crippen LogP contribution < -0.4 is 0 Å².